The zero-order valence-electron chi connectivity index (χ0n) is 8.70. The van der Waals surface area contributed by atoms with Crippen LogP contribution in [0.2, 0.25) is 0 Å². The Morgan fingerprint density at radius 2 is 1.93 bits per heavy atom. The first-order chi connectivity index (χ1) is 6.69. The van der Waals surface area contributed by atoms with E-state index in [4.69, 9.17) is 0 Å². The van der Waals surface area contributed by atoms with Gasteiger partial charge in [-0.25, -0.2) is 4.79 Å². The molecule has 76 valence electrons. The summed E-state index contributed by atoms with van der Waals surface area (Å²) in [6, 6.07) is 7.42. The molecule has 1 aromatic rings. The predicted octanol–water partition coefficient (Wildman–Crippen LogP) is 1.43. The van der Waals surface area contributed by atoms with Crippen LogP contribution in [-0.2, 0) is 9.53 Å². The first-order valence-corrected chi connectivity index (χ1v) is 4.50. The van der Waals surface area contributed by atoms with E-state index in [2.05, 4.69) is 10.1 Å². The minimum absolute atomic E-state index is 0.267. The standard InChI is InChI=1S/C11H15NO2/c1-8-4-6-9(7-5-8)10(12-2)11(13)14-3/h4-7,10,12H,1-3H3. The second-order valence-electron chi connectivity index (χ2n) is 3.16. The normalized spacial score (nSPS) is 12.2. The molecule has 0 saturated heterocycles. The van der Waals surface area contributed by atoms with Gasteiger partial charge in [-0.1, -0.05) is 29.8 Å². The van der Waals surface area contributed by atoms with Gasteiger partial charge in [-0.15, -0.1) is 0 Å². The summed E-state index contributed by atoms with van der Waals surface area (Å²) in [5.74, 6) is -0.267. The molecule has 14 heavy (non-hydrogen) atoms. The molecule has 0 bridgehead atoms. The van der Waals surface area contributed by atoms with E-state index >= 15 is 0 Å². The predicted molar refractivity (Wildman–Crippen MR) is 55.0 cm³/mol. The number of ether oxygens (including phenoxy) is 1. The molecule has 1 aromatic carbocycles. The van der Waals surface area contributed by atoms with Gasteiger partial charge in [0.1, 0.15) is 6.04 Å². The fraction of sp³-hybridized carbons (Fsp3) is 0.364. The van der Waals surface area contributed by atoms with Crippen molar-refractivity contribution < 1.29 is 9.53 Å². The molecule has 0 radical (unpaired) electrons. The van der Waals surface area contributed by atoms with Gasteiger partial charge in [0.2, 0.25) is 0 Å². The van der Waals surface area contributed by atoms with Crippen LogP contribution in [0.4, 0.5) is 0 Å². The number of hydrogen-bond acceptors (Lipinski definition) is 3. The van der Waals surface area contributed by atoms with Crippen molar-refractivity contribution in [2.75, 3.05) is 14.2 Å². The Balaban J connectivity index is 2.89. The lowest BCUT2D eigenvalue weighted by atomic mass is 10.1. The van der Waals surface area contributed by atoms with Crippen molar-refractivity contribution in [1.29, 1.82) is 0 Å². The summed E-state index contributed by atoms with van der Waals surface area (Å²) in [5.41, 5.74) is 2.10. The molecule has 1 atom stereocenters. The fourth-order valence-corrected chi connectivity index (χ4v) is 1.30. The molecule has 0 fully saturated rings. The second kappa shape index (κ2) is 4.77. The van der Waals surface area contributed by atoms with Crippen LogP contribution in [0.25, 0.3) is 0 Å². The first kappa shape index (κ1) is 10.7. The second-order valence-corrected chi connectivity index (χ2v) is 3.16. The fourth-order valence-electron chi connectivity index (χ4n) is 1.30. The number of carbonyl (C=O) groups is 1. The molecule has 0 heterocycles. The summed E-state index contributed by atoms with van der Waals surface area (Å²) in [6.07, 6.45) is 0. The zero-order chi connectivity index (χ0) is 10.6. The molecule has 0 aliphatic heterocycles. The molecule has 1 unspecified atom stereocenters. The van der Waals surface area contributed by atoms with E-state index in [9.17, 15) is 4.79 Å². The number of rotatable bonds is 3. The summed E-state index contributed by atoms with van der Waals surface area (Å²) in [6.45, 7) is 2.01. The van der Waals surface area contributed by atoms with E-state index in [1.54, 1.807) is 7.05 Å². The van der Waals surface area contributed by atoms with Crippen LogP contribution in [-0.4, -0.2) is 20.1 Å². The van der Waals surface area contributed by atoms with Gasteiger partial charge in [-0.3, -0.25) is 0 Å². The third-order valence-corrected chi connectivity index (χ3v) is 2.14. The van der Waals surface area contributed by atoms with E-state index < -0.39 is 0 Å². The molecule has 3 nitrogen and oxygen atoms in total. The molecule has 0 aliphatic carbocycles. The number of nitrogens with one attached hydrogen (secondary N) is 1. The number of benzene rings is 1. The number of likely N-dealkylation sites (N-methyl/N-ethyl adjacent to an activating group) is 1. The molecule has 0 spiro atoms. The maximum absolute atomic E-state index is 11.3. The van der Waals surface area contributed by atoms with Crippen LogP contribution >= 0.6 is 0 Å². The molecule has 0 aliphatic rings. The maximum atomic E-state index is 11.3. The summed E-state index contributed by atoms with van der Waals surface area (Å²) in [7, 11) is 3.13. The highest BCUT2D eigenvalue weighted by atomic mass is 16.5. The summed E-state index contributed by atoms with van der Waals surface area (Å²) >= 11 is 0. The smallest absolute Gasteiger partial charge is 0.327 e. The highest BCUT2D eigenvalue weighted by molar-refractivity contribution is 5.77. The van der Waals surface area contributed by atoms with Crippen molar-refractivity contribution in [3.63, 3.8) is 0 Å². The molecule has 1 rings (SSSR count). The van der Waals surface area contributed by atoms with Gasteiger partial charge < -0.3 is 10.1 Å². The molecule has 0 amide bonds. The van der Waals surface area contributed by atoms with Gasteiger partial charge >= 0.3 is 5.97 Å². The third kappa shape index (κ3) is 2.33. The molecule has 0 aromatic heterocycles. The largest absolute Gasteiger partial charge is 0.468 e. The summed E-state index contributed by atoms with van der Waals surface area (Å²) < 4.78 is 4.69. The number of esters is 1. The Morgan fingerprint density at radius 3 is 2.36 bits per heavy atom. The van der Waals surface area contributed by atoms with Crippen molar-refractivity contribution in [3.05, 3.63) is 35.4 Å². The Hall–Kier alpha value is -1.35. The van der Waals surface area contributed by atoms with Crippen LogP contribution in [0.3, 0.4) is 0 Å². The Labute approximate surface area is 84.1 Å². The summed E-state index contributed by atoms with van der Waals surface area (Å²) in [4.78, 5) is 11.3. The van der Waals surface area contributed by atoms with Gasteiger partial charge in [0.15, 0.2) is 0 Å². The Bertz CT molecular complexity index is 306. The lowest BCUT2D eigenvalue weighted by Crippen LogP contribution is -2.26. The number of methoxy groups -OCH3 is 1. The van der Waals surface area contributed by atoms with Crippen LogP contribution < -0.4 is 5.32 Å². The van der Waals surface area contributed by atoms with Crippen LogP contribution in [0.1, 0.15) is 17.2 Å². The monoisotopic (exact) mass is 193 g/mol. The average molecular weight is 193 g/mol. The van der Waals surface area contributed by atoms with Crippen molar-refractivity contribution >= 4 is 5.97 Å². The quantitative estimate of drug-likeness (QED) is 0.738. The lowest BCUT2D eigenvalue weighted by molar-refractivity contribution is -0.143. The number of aryl methyl sites for hydroxylation is 1. The lowest BCUT2D eigenvalue weighted by Gasteiger charge is -2.13. The van der Waals surface area contributed by atoms with Crippen LogP contribution in [0.5, 0.6) is 0 Å². The van der Waals surface area contributed by atoms with E-state index in [0.717, 1.165) is 5.56 Å². The molecular weight excluding hydrogens is 178 g/mol. The highest BCUT2D eigenvalue weighted by Crippen LogP contribution is 2.14. The van der Waals surface area contributed by atoms with Gasteiger partial charge in [0.25, 0.3) is 0 Å². The minimum atomic E-state index is -0.374. The van der Waals surface area contributed by atoms with Crippen molar-refractivity contribution in [3.8, 4) is 0 Å². The van der Waals surface area contributed by atoms with Crippen molar-refractivity contribution in [2.24, 2.45) is 0 Å². The van der Waals surface area contributed by atoms with Crippen molar-refractivity contribution in [1.82, 2.24) is 5.32 Å². The molecule has 3 heteroatoms. The molecular formula is C11H15NO2. The van der Waals surface area contributed by atoms with Gasteiger partial charge in [-0.2, -0.15) is 0 Å². The van der Waals surface area contributed by atoms with Crippen molar-refractivity contribution in [2.45, 2.75) is 13.0 Å². The molecule has 1 N–H and O–H groups in total. The van der Waals surface area contributed by atoms with E-state index in [1.165, 1.54) is 12.7 Å². The maximum Gasteiger partial charge on any atom is 0.327 e. The summed E-state index contributed by atoms with van der Waals surface area (Å²) in [5, 5.41) is 2.91. The van der Waals surface area contributed by atoms with E-state index in [1.807, 2.05) is 31.2 Å². The SMILES string of the molecule is CNC(C(=O)OC)c1ccc(C)cc1. The van der Waals surface area contributed by atoms with Crippen LogP contribution in [0, 0.1) is 6.92 Å². The number of carbonyl (C=O) groups excluding carboxylic acids is 1. The highest BCUT2D eigenvalue weighted by Gasteiger charge is 2.18. The van der Waals surface area contributed by atoms with E-state index in [0.29, 0.717) is 0 Å². The topological polar surface area (TPSA) is 38.3 Å². The number of hydrogen-bond donors (Lipinski definition) is 1. The minimum Gasteiger partial charge on any atom is -0.468 e. The first-order valence-electron chi connectivity index (χ1n) is 4.50. The van der Waals surface area contributed by atoms with Crippen LogP contribution in [0.15, 0.2) is 24.3 Å². The third-order valence-electron chi connectivity index (χ3n) is 2.14. The van der Waals surface area contributed by atoms with E-state index in [-0.39, 0.29) is 12.0 Å². The van der Waals surface area contributed by atoms with Gasteiger partial charge in [0, 0.05) is 0 Å². The van der Waals surface area contributed by atoms with Gasteiger partial charge in [0.05, 0.1) is 7.11 Å². The van der Waals surface area contributed by atoms with Gasteiger partial charge in [-0.05, 0) is 19.5 Å². The average Bonchev–Trinajstić information content (AvgIpc) is 2.21. The zero-order valence-corrected chi connectivity index (χ0v) is 8.70. The Morgan fingerprint density at radius 1 is 1.36 bits per heavy atom. The Kier molecular flexibility index (Phi) is 3.65. The molecule has 0 saturated carbocycles.